The van der Waals surface area contributed by atoms with Crippen molar-refractivity contribution in [1.82, 2.24) is 35.2 Å². The summed E-state index contributed by atoms with van der Waals surface area (Å²) >= 11 is 0. The van der Waals surface area contributed by atoms with Crippen LogP contribution in [0.3, 0.4) is 0 Å². The summed E-state index contributed by atoms with van der Waals surface area (Å²) < 4.78 is 3.67. The molecule has 0 saturated carbocycles. The van der Waals surface area contributed by atoms with Crippen molar-refractivity contribution in [3.63, 3.8) is 0 Å². The van der Waals surface area contributed by atoms with Gasteiger partial charge in [0, 0.05) is 38.4 Å². The number of nitrogens with one attached hydrogen (secondary N) is 2. The van der Waals surface area contributed by atoms with E-state index in [1.165, 1.54) is 11.9 Å². The van der Waals surface area contributed by atoms with Gasteiger partial charge in [-0.1, -0.05) is 0 Å². The molecule has 114 valence electrons. The largest absolute Gasteiger partial charge is 0.355 e. The lowest BCUT2D eigenvalue weighted by atomic mass is 10.2. The standard InChI is InChI=1S/C13H22N8/c1-10-12(11(2)20(4)19-10)7-17-13(14-3)16-5-6-21-9-15-8-18-21/h8-9H,5-7H2,1-4H3,(H2,14,16,17). The predicted octanol–water partition coefficient (Wildman–Crippen LogP) is -0.00636. The van der Waals surface area contributed by atoms with Crippen LogP contribution < -0.4 is 10.6 Å². The minimum Gasteiger partial charge on any atom is -0.355 e. The van der Waals surface area contributed by atoms with Gasteiger partial charge in [-0.15, -0.1) is 0 Å². The second kappa shape index (κ2) is 6.87. The van der Waals surface area contributed by atoms with Crippen molar-refractivity contribution in [1.29, 1.82) is 0 Å². The van der Waals surface area contributed by atoms with E-state index in [4.69, 9.17) is 0 Å². The lowest BCUT2D eigenvalue weighted by molar-refractivity contribution is 0.596. The highest BCUT2D eigenvalue weighted by Crippen LogP contribution is 2.10. The second-order valence-corrected chi connectivity index (χ2v) is 4.78. The summed E-state index contributed by atoms with van der Waals surface area (Å²) in [6.07, 6.45) is 3.22. The second-order valence-electron chi connectivity index (χ2n) is 4.78. The molecule has 0 bridgehead atoms. The van der Waals surface area contributed by atoms with E-state index in [9.17, 15) is 0 Å². The van der Waals surface area contributed by atoms with Crippen LogP contribution in [-0.4, -0.2) is 44.1 Å². The van der Waals surface area contributed by atoms with Gasteiger partial charge in [-0.3, -0.25) is 14.4 Å². The normalized spacial score (nSPS) is 11.7. The number of aromatic nitrogens is 5. The fourth-order valence-corrected chi connectivity index (χ4v) is 2.10. The average Bonchev–Trinajstić information content (AvgIpc) is 3.05. The molecule has 0 radical (unpaired) electrons. The van der Waals surface area contributed by atoms with Crippen LogP contribution in [0.25, 0.3) is 0 Å². The SMILES string of the molecule is CN=C(NCCn1cncn1)NCc1c(C)nn(C)c1C. The number of guanidine groups is 1. The van der Waals surface area contributed by atoms with Crippen molar-refractivity contribution < 1.29 is 0 Å². The molecule has 8 heteroatoms. The zero-order chi connectivity index (χ0) is 15.2. The van der Waals surface area contributed by atoms with Crippen molar-refractivity contribution >= 4 is 5.96 Å². The van der Waals surface area contributed by atoms with Crippen molar-refractivity contribution in [3.05, 3.63) is 29.6 Å². The first-order valence-electron chi connectivity index (χ1n) is 6.87. The summed E-state index contributed by atoms with van der Waals surface area (Å²) in [5, 5.41) is 15.0. The molecule has 0 saturated heterocycles. The third-order valence-electron chi connectivity index (χ3n) is 3.42. The zero-order valence-electron chi connectivity index (χ0n) is 13.0. The van der Waals surface area contributed by atoms with Crippen LogP contribution in [0.2, 0.25) is 0 Å². The van der Waals surface area contributed by atoms with E-state index in [1.54, 1.807) is 18.1 Å². The Morgan fingerprint density at radius 3 is 2.71 bits per heavy atom. The topological polar surface area (TPSA) is 84.9 Å². The van der Waals surface area contributed by atoms with E-state index in [2.05, 4.69) is 37.7 Å². The number of nitrogens with zero attached hydrogens (tertiary/aromatic N) is 6. The lowest BCUT2D eigenvalue weighted by Crippen LogP contribution is -2.38. The number of hydrogen-bond donors (Lipinski definition) is 2. The van der Waals surface area contributed by atoms with Crippen LogP contribution in [0.5, 0.6) is 0 Å². The van der Waals surface area contributed by atoms with E-state index in [0.29, 0.717) is 6.54 Å². The smallest absolute Gasteiger partial charge is 0.191 e. The van der Waals surface area contributed by atoms with E-state index in [1.807, 2.05) is 18.7 Å². The van der Waals surface area contributed by atoms with E-state index < -0.39 is 0 Å². The van der Waals surface area contributed by atoms with Crippen LogP contribution in [0.1, 0.15) is 17.0 Å². The fourth-order valence-electron chi connectivity index (χ4n) is 2.10. The maximum Gasteiger partial charge on any atom is 0.191 e. The summed E-state index contributed by atoms with van der Waals surface area (Å²) in [5.74, 6) is 0.762. The molecule has 0 amide bonds. The molecule has 0 atom stereocenters. The molecular formula is C13H22N8. The van der Waals surface area contributed by atoms with Crippen LogP contribution >= 0.6 is 0 Å². The molecule has 21 heavy (non-hydrogen) atoms. The van der Waals surface area contributed by atoms with E-state index >= 15 is 0 Å². The molecule has 8 nitrogen and oxygen atoms in total. The Labute approximate surface area is 124 Å². The summed E-state index contributed by atoms with van der Waals surface area (Å²) in [7, 11) is 3.71. The van der Waals surface area contributed by atoms with Gasteiger partial charge in [0.15, 0.2) is 5.96 Å². The molecule has 0 aromatic carbocycles. The van der Waals surface area contributed by atoms with Gasteiger partial charge in [-0.05, 0) is 13.8 Å². The number of hydrogen-bond acceptors (Lipinski definition) is 4. The molecule has 2 N–H and O–H groups in total. The highest BCUT2D eigenvalue weighted by Gasteiger charge is 2.09. The Kier molecular flexibility index (Phi) is 4.91. The molecule has 0 spiro atoms. The van der Waals surface area contributed by atoms with Gasteiger partial charge in [0.05, 0.1) is 12.2 Å². The van der Waals surface area contributed by atoms with Gasteiger partial charge < -0.3 is 10.6 Å². The Morgan fingerprint density at radius 2 is 2.14 bits per heavy atom. The first-order chi connectivity index (χ1) is 10.1. The van der Waals surface area contributed by atoms with Crippen LogP contribution in [0.15, 0.2) is 17.6 Å². The molecule has 2 aromatic heterocycles. The summed E-state index contributed by atoms with van der Waals surface area (Å²) in [6.45, 7) is 6.26. The zero-order valence-corrected chi connectivity index (χ0v) is 13.0. The molecule has 2 heterocycles. The van der Waals surface area contributed by atoms with Crippen LogP contribution in [0, 0.1) is 13.8 Å². The minimum atomic E-state index is 0.703. The Hall–Kier alpha value is -2.38. The van der Waals surface area contributed by atoms with Gasteiger partial charge >= 0.3 is 0 Å². The van der Waals surface area contributed by atoms with Gasteiger partial charge in [0.25, 0.3) is 0 Å². The van der Waals surface area contributed by atoms with Crippen molar-refractivity contribution in [2.45, 2.75) is 26.9 Å². The molecule has 2 rings (SSSR count). The van der Waals surface area contributed by atoms with E-state index in [0.717, 1.165) is 30.4 Å². The third kappa shape index (κ3) is 3.80. The van der Waals surface area contributed by atoms with Gasteiger partial charge in [0.2, 0.25) is 0 Å². The maximum atomic E-state index is 4.41. The summed E-state index contributed by atoms with van der Waals surface area (Å²) in [5.41, 5.74) is 3.41. The average molecular weight is 290 g/mol. The minimum absolute atomic E-state index is 0.703. The number of rotatable bonds is 5. The monoisotopic (exact) mass is 290 g/mol. The molecule has 0 unspecified atom stereocenters. The molecule has 0 fully saturated rings. The Bertz CT molecular complexity index is 596. The molecule has 0 aliphatic carbocycles. The summed E-state index contributed by atoms with van der Waals surface area (Å²) in [6, 6.07) is 0. The molecular weight excluding hydrogens is 268 g/mol. The van der Waals surface area contributed by atoms with Gasteiger partial charge in [-0.25, -0.2) is 4.98 Å². The Morgan fingerprint density at radius 1 is 1.33 bits per heavy atom. The predicted molar refractivity (Wildman–Crippen MR) is 80.9 cm³/mol. The molecule has 2 aromatic rings. The van der Waals surface area contributed by atoms with Gasteiger partial charge in [-0.2, -0.15) is 10.2 Å². The summed E-state index contributed by atoms with van der Waals surface area (Å²) in [4.78, 5) is 8.12. The number of aliphatic imine (C=N–C) groups is 1. The Balaban J connectivity index is 1.82. The van der Waals surface area contributed by atoms with Crippen molar-refractivity contribution in [3.8, 4) is 0 Å². The molecule has 0 aliphatic rings. The maximum absolute atomic E-state index is 4.41. The lowest BCUT2D eigenvalue weighted by Gasteiger charge is -2.12. The number of aryl methyl sites for hydroxylation is 2. The first-order valence-corrected chi connectivity index (χ1v) is 6.87. The quantitative estimate of drug-likeness (QED) is 0.598. The van der Waals surface area contributed by atoms with Crippen LogP contribution in [0.4, 0.5) is 0 Å². The fraction of sp³-hybridized carbons (Fsp3) is 0.538. The van der Waals surface area contributed by atoms with Crippen molar-refractivity contribution in [2.24, 2.45) is 12.0 Å². The highest BCUT2D eigenvalue weighted by atomic mass is 15.3. The van der Waals surface area contributed by atoms with Crippen molar-refractivity contribution in [2.75, 3.05) is 13.6 Å². The molecule has 0 aliphatic heterocycles. The highest BCUT2D eigenvalue weighted by molar-refractivity contribution is 5.79. The first kappa shape index (κ1) is 15.0. The third-order valence-corrected chi connectivity index (χ3v) is 3.42. The van der Waals surface area contributed by atoms with Crippen LogP contribution in [-0.2, 0) is 20.1 Å². The van der Waals surface area contributed by atoms with E-state index in [-0.39, 0.29) is 0 Å². The van der Waals surface area contributed by atoms with Gasteiger partial charge in [0.1, 0.15) is 12.7 Å².